The fourth-order valence-electron chi connectivity index (χ4n) is 3.87. The second kappa shape index (κ2) is 11.6. The zero-order valence-electron chi connectivity index (χ0n) is 19.7. The molecule has 2 aromatic rings. The lowest BCUT2D eigenvalue weighted by atomic mass is 10.1. The molecule has 0 radical (unpaired) electrons. The first-order valence-corrected chi connectivity index (χ1v) is 13.1. The third-order valence-electron chi connectivity index (χ3n) is 5.72. The van der Waals surface area contributed by atoms with Crippen molar-refractivity contribution in [2.24, 2.45) is 5.92 Å². The molecule has 1 heterocycles. The van der Waals surface area contributed by atoms with Crippen LogP contribution >= 0.6 is 23.5 Å². The van der Waals surface area contributed by atoms with E-state index in [0.29, 0.717) is 11.3 Å². The average molecular weight is 517 g/mol. The number of nitrogens with zero attached hydrogens (tertiary/aromatic N) is 2. The van der Waals surface area contributed by atoms with Gasteiger partial charge in [-0.1, -0.05) is 55.1 Å². The largest absolute Gasteiger partial charge is 0.508 e. The Kier molecular flexibility index (Phi) is 8.85. The number of aliphatic carboxylic acids is 1. The molecule has 1 fully saturated rings. The molecule has 1 aliphatic rings. The standard InChI is InChI=1S/C25H28N2O6S2/c1-15(13-34-17(3)28)22(30)27-20(14-35-24(27)19-11-7-8-12-21(19)29)23(31)26(16(2)25(32)33)18-9-5-4-6-10-18/h4-12,15-16,20,24,29H,13-14H2,1-3H3,(H,32,33)/t15-,16+,20+,24-/m1/s1. The Balaban J connectivity index is 2.02. The molecule has 0 saturated carbocycles. The molecule has 0 unspecified atom stereocenters. The highest BCUT2D eigenvalue weighted by Crippen LogP contribution is 2.45. The summed E-state index contributed by atoms with van der Waals surface area (Å²) in [6, 6.07) is 13.0. The molecule has 0 bridgehead atoms. The smallest absolute Gasteiger partial charge is 0.326 e. The number of carbonyl (C=O) groups is 4. The summed E-state index contributed by atoms with van der Waals surface area (Å²) >= 11 is 2.37. The summed E-state index contributed by atoms with van der Waals surface area (Å²) < 4.78 is 0. The van der Waals surface area contributed by atoms with Crippen molar-refractivity contribution in [3.05, 3.63) is 60.2 Å². The number of benzene rings is 2. The SMILES string of the molecule is CC(=O)SC[C@@H](C)C(=O)N1[C@@H](c2ccccc2O)SC[C@H]1C(=O)N(c1ccccc1)[C@@H](C)C(=O)O. The lowest BCUT2D eigenvalue weighted by Gasteiger charge is -2.35. The number of aromatic hydroxyl groups is 1. The van der Waals surface area contributed by atoms with E-state index in [1.807, 2.05) is 0 Å². The van der Waals surface area contributed by atoms with Crippen LogP contribution in [0.3, 0.4) is 0 Å². The Hall–Kier alpha value is -2.98. The quantitative estimate of drug-likeness (QED) is 0.545. The van der Waals surface area contributed by atoms with Crippen LogP contribution in [0.1, 0.15) is 31.7 Å². The summed E-state index contributed by atoms with van der Waals surface area (Å²) in [5.74, 6) is -2.13. The van der Waals surface area contributed by atoms with E-state index in [1.165, 1.54) is 41.5 Å². The lowest BCUT2D eigenvalue weighted by Crippen LogP contribution is -2.54. The number of carboxylic acids is 1. The molecule has 2 aromatic carbocycles. The van der Waals surface area contributed by atoms with Crippen LogP contribution in [0.2, 0.25) is 0 Å². The van der Waals surface area contributed by atoms with Gasteiger partial charge < -0.3 is 15.1 Å². The van der Waals surface area contributed by atoms with Crippen LogP contribution in [-0.2, 0) is 19.2 Å². The van der Waals surface area contributed by atoms with Crippen LogP contribution in [-0.4, -0.2) is 61.6 Å². The first kappa shape index (κ1) is 26.6. The van der Waals surface area contributed by atoms with Gasteiger partial charge in [-0.2, -0.15) is 0 Å². The Morgan fingerprint density at radius 3 is 2.31 bits per heavy atom. The normalized spacial score (nSPS) is 19.1. The van der Waals surface area contributed by atoms with Crippen molar-refractivity contribution in [3.63, 3.8) is 0 Å². The molecule has 2 N–H and O–H groups in total. The number of hydrogen-bond acceptors (Lipinski definition) is 7. The molecule has 4 atom stereocenters. The minimum atomic E-state index is -1.17. The van der Waals surface area contributed by atoms with Gasteiger partial charge in [0.1, 0.15) is 23.2 Å². The fourth-order valence-corrected chi connectivity index (χ4v) is 5.96. The highest BCUT2D eigenvalue weighted by atomic mass is 32.2. The highest BCUT2D eigenvalue weighted by molar-refractivity contribution is 8.13. The van der Waals surface area contributed by atoms with E-state index in [2.05, 4.69) is 0 Å². The van der Waals surface area contributed by atoms with Crippen LogP contribution in [0.25, 0.3) is 0 Å². The molecule has 3 rings (SSSR count). The monoisotopic (exact) mass is 516 g/mol. The van der Waals surface area contributed by atoms with Gasteiger partial charge in [-0.3, -0.25) is 19.3 Å². The number of anilines is 1. The van der Waals surface area contributed by atoms with Gasteiger partial charge in [0, 0.05) is 35.6 Å². The summed E-state index contributed by atoms with van der Waals surface area (Å²) in [5.41, 5.74) is 0.904. The maximum absolute atomic E-state index is 13.9. The number of phenolic OH excluding ortho intramolecular Hbond substituents is 1. The first-order chi connectivity index (χ1) is 16.6. The Bertz CT molecular complexity index is 1100. The van der Waals surface area contributed by atoms with E-state index in [1.54, 1.807) is 55.5 Å². The number of amides is 2. The topological polar surface area (TPSA) is 115 Å². The predicted octanol–water partition coefficient (Wildman–Crippen LogP) is 3.76. The van der Waals surface area contributed by atoms with Crippen LogP contribution in [0.5, 0.6) is 5.75 Å². The van der Waals surface area contributed by atoms with Gasteiger partial charge in [-0.15, -0.1) is 11.8 Å². The van der Waals surface area contributed by atoms with Gasteiger partial charge in [-0.25, -0.2) is 4.79 Å². The van der Waals surface area contributed by atoms with Crippen molar-refractivity contribution in [2.45, 2.75) is 38.2 Å². The number of phenols is 1. The molecule has 0 aromatic heterocycles. The minimum Gasteiger partial charge on any atom is -0.508 e. The Labute approximate surface area is 212 Å². The number of thioether (sulfide) groups is 2. The van der Waals surface area contributed by atoms with Crippen molar-refractivity contribution in [1.29, 1.82) is 0 Å². The third-order valence-corrected chi connectivity index (χ3v) is 8.10. The van der Waals surface area contributed by atoms with Crippen LogP contribution < -0.4 is 4.90 Å². The summed E-state index contributed by atoms with van der Waals surface area (Å²) in [4.78, 5) is 53.5. The summed E-state index contributed by atoms with van der Waals surface area (Å²) in [5, 5.41) is 19.4. The van der Waals surface area contributed by atoms with Crippen molar-refractivity contribution in [1.82, 2.24) is 4.90 Å². The molecule has 0 spiro atoms. The summed E-state index contributed by atoms with van der Waals surface area (Å²) in [6.45, 7) is 4.55. The molecule has 1 aliphatic heterocycles. The van der Waals surface area contributed by atoms with E-state index >= 15 is 0 Å². The first-order valence-electron chi connectivity index (χ1n) is 11.1. The number of carboxylic acid groups (broad SMARTS) is 1. The molecule has 2 amide bonds. The van der Waals surface area contributed by atoms with E-state index in [9.17, 15) is 29.4 Å². The van der Waals surface area contributed by atoms with E-state index < -0.39 is 35.3 Å². The molecule has 8 nitrogen and oxygen atoms in total. The molecule has 186 valence electrons. The van der Waals surface area contributed by atoms with Crippen molar-refractivity contribution in [3.8, 4) is 5.75 Å². The summed E-state index contributed by atoms with van der Waals surface area (Å²) in [6.07, 6.45) is 0. The van der Waals surface area contributed by atoms with E-state index in [0.717, 1.165) is 11.8 Å². The number of hydrogen-bond donors (Lipinski definition) is 2. The van der Waals surface area contributed by atoms with Crippen molar-refractivity contribution < 1.29 is 29.4 Å². The number of carbonyl (C=O) groups excluding carboxylic acids is 3. The molecule has 10 heteroatoms. The highest BCUT2D eigenvalue weighted by Gasteiger charge is 2.47. The molecular weight excluding hydrogens is 488 g/mol. The van der Waals surface area contributed by atoms with Gasteiger partial charge in [0.15, 0.2) is 5.12 Å². The third kappa shape index (κ3) is 5.99. The molecule has 1 saturated heterocycles. The number of rotatable bonds is 8. The van der Waals surface area contributed by atoms with E-state index in [4.69, 9.17) is 0 Å². The summed E-state index contributed by atoms with van der Waals surface area (Å²) in [7, 11) is 0. The molecular formula is C25H28N2O6S2. The van der Waals surface area contributed by atoms with Crippen LogP contribution in [0, 0.1) is 5.92 Å². The van der Waals surface area contributed by atoms with Gasteiger partial charge in [0.05, 0.1) is 0 Å². The Morgan fingerprint density at radius 1 is 1.09 bits per heavy atom. The van der Waals surface area contributed by atoms with Crippen molar-refractivity contribution >= 4 is 52.1 Å². The van der Waals surface area contributed by atoms with Crippen LogP contribution in [0.15, 0.2) is 54.6 Å². The second-order valence-corrected chi connectivity index (χ2v) is 10.6. The van der Waals surface area contributed by atoms with Crippen molar-refractivity contribution in [2.75, 3.05) is 16.4 Å². The van der Waals surface area contributed by atoms with E-state index in [-0.39, 0.29) is 28.3 Å². The fraction of sp³-hybridized carbons (Fsp3) is 0.360. The van der Waals surface area contributed by atoms with Gasteiger partial charge in [0.2, 0.25) is 5.91 Å². The van der Waals surface area contributed by atoms with Gasteiger partial charge in [0.25, 0.3) is 5.91 Å². The maximum atomic E-state index is 13.9. The molecule has 35 heavy (non-hydrogen) atoms. The zero-order chi connectivity index (χ0) is 25.7. The predicted molar refractivity (Wildman–Crippen MR) is 137 cm³/mol. The maximum Gasteiger partial charge on any atom is 0.326 e. The minimum absolute atomic E-state index is 0.000447. The molecule has 0 aliphatic carbocycles. The van der Waals surface area contributed by atoms with Gasteiger partial charge >= 0.3 is 5.97 Å². The van der Waals surface area contributed by atoms with Gasteiger partial charge in [-0.05, 0) is 25.1 Å². The zero-order valence-corrected chi connectivity index (χ0v) is 21.3. The second-order valence-electron chi connectivity index (χ2n) is 8.27. The number of para-hydroxylation sites is 2. The Morgan fingerprint density at radius 2 is 1.71 bits per heavy atom. The van der Waals surface area contributed by atoms with Crippen LogP contribution in [0.4, 0.5) is 5.69 Å². The average Bonchev–Trinajstić information content (AvgIpc) is 3.27. The lowest BCUT2D eigenvalue weighted by molar-refractivity contribution is -0.143.